The molecule has 0 amide bonds. The van der Waals surface area contributed by atoms with Gasteiger partial charge in [-0.2, -0.15) is 0 Å². The van der Waals surface area contributed by atoms with Gasteiger partial charge >= 0.3 is 11.9 Å². The summed E-state index contributed by atoms with van der Waals surface area (Å²) in [5.41, 5.74) is 0. The van der Waals surface area contributed by atoms with Gasteiger partial charge in [0.1, 0.15) is 13.2 Å². The minimum Gasteiger partial charge on any atom is -0.463 e. The van der Waals surface area contributed by atoms with Crippen LogP contribution in [-0.4, -0.2) is 51.6 Å². The Kier molecular flexibility index (Phi) is 17.9. The molecule has 6 nitrogen and oxygen atoms in total. The van der Waals surface area contributed by atoms with Crippen molar-refractivity contribution in [1.82, 2.24) is 0 Å². The van der Waals surface area contributed by atoms with Crippen molar-refractivity contribution >= 4 is 11.9 Å². The SMILES string of the molecule is C=CC(=O)OCCOCCOCCOC(=O)CCCCCCCCC. The van der Waals surface area contributed by atoms with E-state index in [0.29, 0.717) is 32.8 Å². The van der Waals surface area contributed by atoms with Gasteiger partial charge in [-0.1, -0.05) is 52.0 Å². The van der Waals surface area contributed by atoms with Gasteiger partial charge in [0, 0.05) is 12.5 Å². The first-order valence-corrected chi connectivity index (χ1v) is 9.31. The monoisotopic (exact) mass is 358 g/mol. The molecule has 25 heavy (non-hydrogen) atoms. The van der Waals surface area contributed by atoms with E-state index in [2.05, 4.69) is 13.5 Å². The number of rotatable bonds is 18. The Hall–Kier alpha value is -1.40. The van der Waals surface area contributed by atoms with Gasteiger partial charge in [-0.25, -0.2) is 4.79 Å². The number of unbranched alkanes of at least 4 members (excludes halogenated alkanes) is 6. The second kappa shape index (κ2) is 18.9. The van der Waals surface area contributed by atoms with Gasteiger partial charge in [0.15, 0.2) is 0 Å². The van der Waals surface area contributed by atoms with Crippen LogP contribution in [-0.2, 0) is 28.5 Å². The Morgan fingerprint density at radius 1 is 0.760 bits per heavy atom. The Morgan fingerprint density at radius 2 is 1.28 bits per heavy atom. The molecule has 0 atom stereocenters. The molecule has 0 aliphatic carbocycles. The van der Waals surface area contributed by atoms with Crippen LogP contribution in [0.3, 0.4) is 0 Å². The molecule has 0 bridgehead atoms. The average molecular weight is 358 g/mol. The Labute approximate surface area is 151 Å². The predicted molar refractivity (Wildman–Crippen MR) is 96.4 cm³/mol. The standard InChI is InChI=1S/C19H34O6/c1-3-5-6-7-8-9-10-11-19(21)25-17-15-23-13-12-22-14-16-24-18(20)4-2/h4H,2-3,5-17H2,1H3. The quantitative estimate of drug-likeness (QED) is 0.212. The summed E-state index contributed by atoms with van der Waals surface area (Å²) in [5, 5.41) is 0. The lowest BCUT2D eigenvalue weighted by Crippen LogP contribution is -2.14. The highest BCUT2D eigenvalue weighted by Crippen LogP contribution is 2.08. The highest BCUT2D eigenvalue weighted by Gasteiger charge is 2.02. The second-order valence-corrected chi connectivity index (χ2v) is 5.69. The van der Waals surface area contributed by atoms with Crippen LogP contribution in [0.25, 0.3) is 0 Å². The predicted octanol–water partition coefficient (Wildman–Crippen LogP) is 3.43. The summed E-state index contributed by atoms with van der Waals surface area (Å²) < 4.78 is 20.3. The maximum Gasteiger partial charge on any atom is 0.330 e. The van der Waals surface area contributed by atoms with Gasteiger partial charge in [-0.05, 0) is 6.42 Å². The van der Waals surface area contributed by atoms with Crippen LogP contribution >= 0.6 is 0 Å². The number of hydrogen-bond donors (Lipinski definition) is 0. The van der Waals surface area contributed by atoms with E-state index in [0.717, 1.165) is 18.9 Å². The fourth-order valence-electron chi connectivity index (χ4n) is 2.10. The molecule has 0 spiro atoms. The first-order chi connectivity index (χ1) is 12.2. The Bertz CT molecular complexity index is 343. The number of ether oxygens (including phenoxy) is 4. The average Bonchev–Trinajstić information content (AvgIpc) is 2.62. The van der Waals surface area contributed by atoms with E-state index >= 15 is 0 Å². The Balaban J connectivity index is 3.19. The molecule has 0 rings (SSSR count). The van der Waals surface area contributed by atoms with E-state index < -0.39 is 5.97 Å². The lowest BCUT2D eigenvalue weighted by Gasteiger charge is -2.07. The van der Waals surface area contributed by atoms with Crippen molar-refractivity contribution in [3.05, 3.63) is 12.7 Å². The molecule has 0 aromatic heterocycles. The first kappa shape index (κ1) is 23.6. The minimum atomic E-state index is -0.460. The fourth-order valence-corrected chi connectivity index (χ4v) is 2.10. The summed E-state index contributed by atoms with van der Waals surface area (Å²) in [5.74, 6) is -0.615. The molecule has 0 heterocycles. The van der Waals surface area contributed by atoms with Crippen molar-refractivity contribution in [3.63, 3.8) is 0 Å². The molecule has 0 fully saturated rings. The lowest BCUT2D eigenvalue weighted by atomic mass is 10.1. The normalized spacial score (nSPS) is 10.4. The molecule has 0 aromatic rings. The zero-order valence-corrected chi connectivity index (χ0v) is 15.6. The van der Waals surface area contributed by atoms with E-state index in [1.807, 2.05) is 0 Å². The second-order valence-electron chi connectivity index (χ2n) is 5.69. The smallest absolute Gasteiger partial charge is 0.330 e. The van der Waals surface area contributed by atoms with E-state index in [-0.39, 0.29) is 19.2 Å². The number of hydrogen-bond acceptors (Lipinski definition) is 6. The number of carbonyl (C=O) groups excluding carboxylic acids is 2. The zero-order chi connectivity index (χ0) is 18.6. The van der Waals surface area contributed by atoms with Crippen LogP contribution in [0, 0.1) is 0 Å². The number of carbonyl (C=O) groups is 2. The van der Waals surface area contributed by atoms with Crippen LogP contribution in [0.5, 0.6) is 0 Å². The zero-order valence-electron chi connectivity index (χ0n) is 15.6. The van der Waals surface area contributed by atoms with E-state index in [4.69, 9.17) is 18.9 Å². The molecule has 0 unspecified atom stereocenters. The minimum absolute atomic E-state index is 0.155. The van der Waals surface area contributed by atoms with Gasteiger partial charge in [-0.15, -0.1) is 0 Å². The van der Waals surface area contributed by atoms with Crippen molar-refractivity contribution in [2.45, 2.75) is 58.3 Å². The van der Waals surface area contributed by atoms with Crippen LogP contribution in [0.4, 0.5) is 0 Å². The lowest BCUT2D eigenvalue weighted by molar-refractivity contribution is -0.145. The molecule has 0 aliphatic heterocycles. The van der Waals surface area contributed by atoms with Gasteiger partial charge in [-0.3, -0.25) is 4.79 Å². The van der Waals surface area contributed by atoms with Gasteiger partial charge in [0.25, 0.3) is 0 Å². The summed E-state index contributed by atoms with van der Waals surface area (Å²) >= 11 is 0. The van der Waals surface area contributed by atoms with Crippen molar-refractivity contribution in [3.8, 4) is 0 Å². The van der Waals surface area contributed by atoms with Crippen molar-refractivity contribution in [2.75, 3.05) is 39.6 Å². The molecule has 6 heteroatoms. The molecular weight excluding hydrogens is 324 g/mol. The molecule has 0 aliphatic rings. The summed E-state index contributed by atoms with van der Waals surface area (Å²) in [4.78, 5) is 22.3. The van der Waals surface area contributed by atoms with E-state index in [9.17, 15) is 9.59 Å². The van der Waals surface area contributed by atoms with Gasteiger partial charge in [0.05, 0.1) is 26.4 Å². The van der Waals surface area contributed by atoms with Crippen LogP contribution in [0.1, 0.15) is 58.3 Å². The molecule has 0 radical (unpaired) electrons. The summed E-state index contributed by atoms with van der Waals surface area (Å²) in [7, 11) is 0. The molecule has 0 aromatic carbocycles. The number of esters is 2. The highest BCUT2D eigenvalue weighted by atomic mass is 16.6. The molecule has 0 saturated carbocycles. The van der Waals surface area contributed by atoms with E-state index in [1.54, 1.807) is 0 Å². The molecular formula is C19H34O6. The highest BCUT2D eigenvalue weighted by molar-refractivity contribution is 5.81. The van der Waals surface area contributed by atoms with E-state index in [1.165, 1.54) is 32.1 Å². The van der Waals surface area contributed by atoms with Gasteiger partial charge < -0.3 is 18.9 Å². The van der Waals surface area contributed by atoms with Crippen molar-refractivity contribution in [2.24, 2.45) is 0 Å². The van der Waals surface area contributed by atoms with Crippen molar-refractivity contribution in [1.29, 1.82) is 0 Å². The molecule has 146 valence electrons. The van der Waals surface area contributed by atoms with Crippen LogP contribution in [0.15, 0.2) is 12.7 Å². The largest absolute Gasteiger partial charge is 0.463 e. The maximum atomic E-state index is 11.5. The summed E-state index contributed by atoms with van der Waals surface area (Å²) in [6, 6.07) is 0. The third kappa shape index (κ3) is 18.8. The first-order valence-electron chi connectivity index (χ1n) is 9.31. The van der Waals surface area contributed by atoms with Crippen molar-refractivity contribution < 1.29 is 28.5 Å². The third-order valence-corrected chi connectivity index (χ3v) is 3.49. The van der Waals surface area contributed by atoms with Crippen LogP contribution < -0.4 is 0 Å². The third-order valence-electron chi connectivity index (χ3n) is 3.49. The topological polar surface area (TPSA) is 71.1 Å². The molecule has 0 N–H and O–H groups in total. The molecule has 0 saturated heterocycles. The van der Waals surface area contributed by atoms with Gasteiger partial charge in [0.2, 0.25) is 0 Å². The Morgan fingerprint density at radius 3 is 1.88 bits per heavy atom. The maximum absolute atomic E-state index is 11.5. The summed E-state index contributed by atoms with van der Waals surface area (Å²) in [6.45, 7) is 7.45. The summed E-state index contributed by atoms with van der Waals surface area (Å²) in [6.07, 6.45) is 9.89. The fraction of sp³-hybridized carbons (Fsp3) is 0.789. The van der Waals surface area contributed by atoms with Crippen LogP contribution in [0.2, 0.25) is 0 Å².